The largest absolute Gasteiger partial charge is 0.491 e. The van der Waals surface area contributed by atoms with Crippen LogP contribution in [0.5, 0.6) is 5.75 Å². The number of imide groups is 1. The first kappa shape index (κ1) is 20.0. The molecule has 152 valence electrons. The van der Waals surface area contributed by atoms with Crippen LogP contribution in [-0.4, -0.2) is 29.2 Å². The van der Waals surface area contributed by atoms with E-state index in [4.69, 9.17) is 9.15 Å². The van der Waals surface area contributed by atoms with E-state index >= 15 is 0 Å². The highest BCUT2D eigenvalue weighted by atomic mass is 32.2. The lowest BCUT2D eigenvalue weighted by molar-refractivity contribution is -0.123. The van der Waals surface area contributed by atoms with E-state index in [0.717, 1.165) is 34.2 Å². The summed E-state index contributed by atoms with van der Waals surface area (Å²) in [6.07, 6.45) is 1.61. The van der Waals surface area contributed by atoms with E-state index in [9.17, 15) is 9.59 Å². The summed E-state index contributed by atoms with van der Waals surface area (Å²) in [5.41, 5.74) is 3.06. The zero-order valence-corrected chi connectivity index (χ0v) is 17.6. The van der Waals surface area contributed by atoms with Crippen molar-refractivity contribution in [2.75, 3.05) is 13.2 Å². The number of hydrogen-bond donors (Lipinski definition) is 0. The van der Waals surface area contributed by atoms with Gasteiger partial charge in [-0.3, -0.25) is 14.5 Å². The summed E-state index contributed by atoms with van der Waals surface area (Å²) in [5.74, 6) is 1.68. The highest BCUT2D eigenvalue weighted by Crippen LogP contribution is 2.33. The quantitative estimate of drug-likeness (QED) is 0.481. The van der Waals surface area contributed by atoms with Crippen molar-refractivity contribution in [2.24, 2.45) is 0 Å². The second kappa shape index (κ2) is 8.63. The summed E-state index contributed by atoms with van der Waals surface area (Å²) in [6.45, 7) is 4.40. The van der Waals surface area contributed by atoms with E-state index in [1.807, 2.05) is 68.4 Å². The van der Waals surface area contributed by atoms with E-state index in [1.54, 1.807) is 12.1 Å². The molecule has 0 atom stereocenters. The third-order valence-electron chi connectivity index (χ3n) is 4.75. The predicted molar refractivity (Wildman–Crippen MR) is 118 cm³/mol. The molecule has 0 spiro atoms. The third kappa shape index (κ3) is 4.33. The molecule has 3 aromatic rings. The van der Waals surface area contributed by atoms with E-state index < -0.39 is 0 Å². The van der Waals surface area contributed by atoms with Gasteiger partial charge in [0.15, 0.2) is 0 Å². The van der Waals surface area contributed by atoms with Gasteiger partial charge in [0, 0.05) is 11.6 Å². The summed E-state index contributed by atoms with van der Waals surface area (Å²) < 4.78 is 11.6. The SMILES string of the molecule is Cc1ccc(C)c(OCCN2C(=O)S/C(=C\c3ccc(-c4ccccc4)o3)C2=O)c1. The van der Waals surface area contributed by atoms with E-state index in [1.165, 1.54) is 4.90 Å². The zero-order valence-electron chi connectivity index (χ0n) is 16.8. The van der Waals surface area contributed by atoms with Crippen LogP contribution in [0.2, 0.25) is 0 Å². The molecule has 1 saturated heterocycles. The van der Waals surface area contributed by atoms with Crippen LogP contribution >= 0.6 is 11.8 Å². The van der Waals surface area contributed by atoms with Crippen LogP contribution in [0.3, 0.4) is 0 Å². The van der Waals surface area contributed by atoms with Gasteiger partial charge in [0.25, 0.3) is 11.1 Å². The fourth-order valence-corrected chi connectivity index (χ4v) is 3.96. The number of carbonyl (C=O) groups is 2. The van der Waals surface area contributed by atoms with Crippen molar-refractivity contribution in [3.63, 3.8) is 0 Å². The molecule has 1 aromatic heterocycles. The lowest BCUT2D eigenvalue weighted by Crippen LogP contribution is -2.32. The average molecular weight is 420 g/mol. The van der Waals surface area contributed by atoms with Crippen LogP contribution in [0.15, 0.2) is 70.0 Å². The Labute approximate surface area is 179 Å². The smallest absolute Gasteiger partial charge is 0.293 e. The summed E-state index contributed by atoms with van der Waals surface area (Å²) in [5, 5.41) is -0.300. The number of nitrogens with zero attached hydrogens (tertiary/aromatic N) is 1. The molecule has 2 amide bonds. The van der Waals surface area contributed by atoms with Gasteiger partial charge in [-0.2, -0.15) is 0 Å². The molecule has 0 saturated carbocycles. The number of ether oxygens (including phenoxy) is 1. The van der Waals surface area contributed by atoms with Gasteiger partial charge >= 0.3 is 0 Å². The molecule has 0 N–H and O–H groups in total. The van der Waals surface area contributed by atoms with Gasteiger partial charge in [-0.25, -0.2) is 0 Å². The molecule has 6 heteroatoms. The van der Waals surface area contributed by atoms with Gasteiger partial charge in [-0.15, -0.1) is 0 Å². The Morgan fingerprint density at radius 1 is 1.03 bits per heavy atom. The lowest BCUT2D eigenvalue weighted by Gasteiger charge is -2.14. The number of hydrogen-bond acceptors (Lipinski definition) is 5. The van der Waals surface area contributed by atoms with Crippen LogP contribution in [0.25, 0.3) is 17.4 Å². The van der Waals surface area contributed by atoms with Gasteiger partial charge in [0.2, 0.25) is 0 Å². The summed E-state index contributed by atoms with van der Waals surface area (Å²) in [4.78, 5) is 26.6. The van der Waals surface area contributed by atoms with Crippen LogP contribution < -0.4 is 4.74 Å². The highest BCUT2D eigenvalue weighted by Gasteiger charge is 2.35. The fraction of sp³-hybridized carbons (Fsp3) is 0.167. The second-order valence-corrected chi connectivity index (χ2v) is 8.01. The van der Waals surface area contributed by atoms with Gasteiger partial charge in [0.1, 0.15) is 23.9 Å². The number of aryl methyl sites for hydroxylation is 2. The Hall–Kier alpha value is -3.25. The maximum Gasteiger partial charge on any atom is 0.293 e. The normalized spacial score (nSPS) is 15.3. The van der Waals surface area contributed by atoms with E-state index in [-0.39, 0.29) is 24.3 Å². The van der Waals surface area contributed by atoms with Crippen LogP contribution in [0, 0.1) is 13.8 Å². The standard InChI is InChI=1S/C24H21NO4S/c1-16-8-9-17(2)21(14-16)28-13-12-25-23(26)22(30-24(25)27)15-19-10-11-20(29-19)18-6-4-3-5-7-18/h3-11,14-15H,12-13H2,1-2H3/b22-15-. The molecule has 30 heavy (non-hydrogen) atoms. The van der Waals surface area contributed by atoms with Crippen molar-refractivity contribution >= 4 is 29.0 Å². The van der Waals surface area contributed by atoms with Crippen molar-refractivity contribution in [3.05, 3.63) is 82.5 Å². The molecule has 2 aromatic carbocycles. The highest BCUT2D eigenvalue weighted by molar-refractivity contribution is 8.18. The minimum absolute atomic E-state index is 0.197. The first-order valence-corrected chi connectivity index (χ1v) is 10.4. The maximum absolute atomic E-state index is 12.7. The molecular weight excluding hydrogens is 398 g/mol. The number of furan rings is 1. The number of benzene rings is 2. The average Bonchev–Trinajstić information content (AvgIpc) is 3.31. The maximum atomic E-state index is 12.7. The molecule has 2 heterocycles. The molecule has 4 rings (SSSR count). The van der Waals surface area contributed by atoms with Crippen molar-refractivity contribution in [3.8, 4) is 17.1 Å². The van der Waals surface area contributed by atoms with Crippen LogP contribution in [0.4, 0.5) is 4.79 Å². The van der Waals surface area contributed by atoms with Gasteiger partial charge in [-0.1, -0.05) is 42.5 Å². The Morgan fingerprint density at radius 2 is 1.83 bits per heavy atom. The van der Waals surface area contributed by atoms with Crippen molar-refractivity contribution in [2.45, 2.75) is 13.8 Å². The van der Waals surface area contributed by atoms with Gasteiger partial charge < -0.3 is 9.15 Å². The molecular formula is C24H21NO4S. The zero-order chi connectivity index (χ0) is 21.1. The van der Waals surface area contributed by atoms with E-state index in [2.05, 4.69) is 0 Å². The van der Waals surface area contributed by atoms with Crippen molar-refractivity contribution in [1.29, 1.82) is 0 Å². The molecule has 1 fully saturated rings. The number of carbonyl (C=O) groups excluding carboxylic acids is 2. The van der Waals surface area contributed by atoms with E-state index in [0.29, 0.717) is 16.4 Å². The summed E-state index contributed by atoms with van der Waals surface area (Å²) in [6, 6.07) is 19.3. The Kier molecular flexibility index (Phi) is 5.77. The topological polar surface area (TPSA) is 59.8 Å². The van der Waals surface area contributed by atoms with Crippen molar-refractivity contribution < 1.29 is 18.7 Å². The molecule has 0 unspecified atom stereocenters. The Balaban J connectivity index is 1.41. The minimum Gasteiger partial charge on any atom is -0.491 e. The number of thioether (sulfide) groups is 1. The third-order valence-corrected chi connectivity index (χ3v) is 5.66. The monoisotopic (exact) mass is 419 g/mol. The van der Waals surface area contributed by atoms with Gasteiger partial charge in [-0.05, 0) is 54.9 Å². The number of rotatable bonds is 6. The minimum atomic E-state index is -0.327. The molecule has 0 aliphatic carbocycles. The second-order valence-electron chi connectivity index (χ2n) is 7.02. The molecule has 0 bridgehead atoms. The first-order chi connectivity index (χ1) is 14.5. The first-order valence-electron chi connectivity index (χ1n) is 9.62. The molecule has 1 aliphatic heterocycles. The molecule has 5 nitrogen and oxygen atoms in total. The number of amides is 2. The van der Waals surface area contributed by atoms with Gasteiger partial charge in [0.05, 0.1) is 11.4 Å². The van der Waals surface area contributed by atoms with Crippen LogP contribution in [0.1, 0.15) is 16.9 Å². The molecule has 1 aliphatic rings. The molecule has 0 radical (unpaired) electrons. The summed E-state index contributed by atoms with van der Waals surface area (Å²) in [7, 11) is 0. The Morgan fingerprint density at radius 3 is 2.63 bits per heavy atom. The van der Waals surface area contributed by atoms with Crippen molar-refractivity contribution in [1.82, 2.24) is 4.90 Å². The lowest BCUT2D eigenvalue weighted by atomic mass is 10.1. The Bertz CT molecular complexity index is 1120. The predicted octanol–water partition coefficient (Wildman–Crippen LogP) is 5.68. The van der Waals surface area contributed by atoms with Crippen LogP contribution in [-0.2, 0) is 4.79 Å². The summed E-state index contributed by atoms with van der Waals surface area (Å²) >= 11 is 0.917. The fourth-order valence-electron chi connectivity index (χ4n) is 3.12.